The summed E-state index contributed by atoms with van der Waals surface area (Å²) in [7, 11) is 4.07. The summed E-state index contributed by atoms with van der Waals surface area (Å²) in [4.78, 5) is 26.5. The van der Waals surface area contributed by atoms with E-state index in [0.29, 0.717) is 11.6 Å². The molecular formula is C20H19BrN4OS2. The molecule has 4 rings (SSSR count). The summed E-state index contributed by atoms with van der Waals surface area (Å²) in [6, 6.07) is 13.8. The molecule has 0 spiro atoms. The van der Waals surface area contributed by atoms with E-state index < -0.39 is 0 Å². The van der Waals surface area contributed by atoms with E-state index >= 15 is 0 Å². The fraction of sp³-hybridized carbons (Fsp3) is 0.250. The molecule has 0 unspecified atom stereocenters. The molecule has 0 saturated heterocycles. The summed E-state index contributed by atoms with van der Waals surface area (Å²) in [5, 5.41) is 1.22. The van der Waals surface area contributed by atoms with E-state index in [2.05, 4.69) is 25.8 Å². The first-order valence-corrected chi connectivity index (χ1v) is 11.3. The fourth-order valence-electron chi connectivity index (χ4n) is 2.91. The molecule has 0 N–H and O–H groups in total. The van der Waals surface area contributed by atoms with Crippen LogP contribution in [0.2, 0.25) is 0 Å². The Morgan fingerprint density at radius 1 is 1.00 bits per heavy atom. The largest absolute Gasteiger partial charge is 0.309 e. The number of aromatic nitrogens is 2. The van der Waals surface area contributed by atoms with Gasteiger partial charge >= 0.3 is 0 Å². The third-order valence-electron chi connectivity index (χ3n) is 4.28. The first-order valence-electron chi connectivity index (χ1n) is 8.89. The second kappa shape index (κ2) is 8.24. The van der Waals surface area contributed by atoms with Crippen LogP contribution in [0.25, 0.3) is 20.4 Å². The van der Waals surface area contributed by atoms with E-state index in [-0.39, 0.29) is 5.91 Å². The smallest absolute Gasteiger partial charge is 0.289 e. The monoisotopic (exact) mass is 474 g/mol. The number of carbonyl (C=O) groups is 1. The Hall–Kier alpha value is -1.87. The zero-order chi connectivity index (χ0) is 19.7. The van der Waals surface area contributed by atoms with Gasteiger partial charge in [-0.05, 0) is 57.4 Å². The Labute approximate surface area is 179 Å². The molecule has 8 heteroatoms. The molecule has 0 saturated carbocycles. The predicted molar refractivity (Wildman–Crippen MR) is 122 cm³/mol. The van der Waals surface area contributed by atoms with Crippen LogP contribution >= 0.6 is 38.6 Å². The zero-order valence-electron chi connectivity index (χ0n) is 15.6. The van der Waals surface area contributed by atoms with Gasteiger partial charge in [-0.25, -0.2) is 9.97 Å². The topological polar surface area (TPSA) is 49.3 Å². The molecule has 2 heterocycles. The molecule has 144 valence electrons. The zero-order valence-corrected chi connectivity index (χ0v) is 18.8. The predicted octanol–water partition coefficient (Wildman–Crippen LogP) is 5.27. The molecule has 0 fully saturated rings. The second-order valence-electron chi connectivity index (χ2n) is 6.71. The molecule has 0 atom stereocenters. The fourth-order valence-corrected chi connectivity index (χ4v) is 5.37. The van der Waals surface area contributed by atoms with Crippen molar-refractivity contribution in [2.75, 3.05) is 32.1 Å². The first-order chi connectivity index (χ1) is 13.5. The van der Waals surface area contributed by atoms with Gasteiger partial charge < -0.3 is 4.90 Å². The lowest BCUT2D eigenvalue weighted by molar-refractivity contribution is 0.0986. The molecule has 0 aliphatic rings. The van der Waals surface area contributed by atoms with Crippen LogP contribution in [0, 0.1) is 0 Å². The van der Waals surface area contributed by atoms with Crippen LogP contribution in [-0.2, 0) is 0 Å². The average molecular weight is 475 g/mol. The van der Waals surface area contributed by atoms with Gasteiger partial charge in [0, 0.05) is 11.0 Å². The van der Waals surface area contributed by atoms with Crippen LogP contribution < -0.4 is 4.90 Å². The van der Waals surface area contributed by atoms with Crippen LogP contribution in [0.3, 0.4) is 0 Å². The Kier molecular flexibility index (Phi) is 5.73. The van der Waals surface area contributed by atoms with Crippen molar-refractivity contribution in [2.24, 2.45) is 0 Å². The number of anilines is 1. The van der Waals surface area contributed by atoms with E-state index in [9.17, 15) is 4.79 Å². The number of rotatable bonds is 6. The maximum absolute atomic E-state index is 13.4. The number of carbonyl (C=O) groups excluding carboxylic acids is 1. The van der Waals surface area contributed by atoms with Gasteiger partial charge in [-0.3, -0.25) is 9.69 Å². The summed E-state index contributed by atoms with van der Waals surface area (Å²) >= 11 is 6.48. The number of fused-ring (bicyclic) bond motifs is 2. The van der Waals surface area contributed by atoms with Crippen molar-refractivity contribution in [1.29, 1.82) is 0 Å². The Bertz CT molecular complexity index is 1100. The molecule has 1 amide bonds. The molecule has 0 bridgehead atoms. The number of hydrogen-bond donors (Lipinski definition) is 0. The SMILES string of the molecule is CN(C)CCCN(C(=O)c1nc2ccccc2s1)c1nc2ccc(Br)cc2s1. The van der Waals surface area contributed by atoms with Gasteiger partial charge in [-0.1, -0.05) is 39.4 Å². The standard InChI is InChI=1S/C20H19BrN4OS2/c1-24(2)10-5-11-25(20-23-15-9-8-13(21)12-17(15)28-20)19(26)18-22-14-6-3-4-7-16(14)27-18/h3-4,6-9,12H,5,10-11H2,1-2H3. The van der Waals surface area contributed by atoms with E-state index in [0.717, 1.165) is 43.0 Å². The van der Waals surface area contributed by atoms with E-state index in [1.165, 1.54) is 22.7 Å². The van der Waals surface area contributed by atoms with Gasteiger partial charge in [-0.2, -0.15) is 0 Å². The minimum absolute atomic E-state index is 0.0851. The van der Waals surface area contributed by atoms with Gasteiger partial charge in [0.15, 0.2) is 10.1 Å². The second-order valence-corrected chi connectivity index (χ2v) is 9.66. The third-order valence-corrected chi connectivity index (χ3v) is 6.84. The Morgan fingerprint density at radius 3 is 2.57 bits per heavy atom. The van der Waals surface area contributed by atoms with Crippen LogP contribution in [0.4, 0.5) is 5.13 Å². The van der Waals surface area contributed by atoms with Crippen molar-refractivity contribution in [3.63, 3.8) is 0 Å². The maximum atomic E-state index is 13.4. The Balaban J connectivity index is 1.69. The van der Waals surface area contributed by atoms with Crippen molar-refractivity contribution in [3.05, 3.63) is 51.9 Å². The summed E-state index contributed by atoms with van der Waals surface area (Å²) in [6.45, 7) is 1.51. The summed E-state index contributed by atoms with van der Waals surface area (Å²) in [5.41, 5.74) is 1.76. The molecule has 2 aromatic heterocycles. The quantitative estimate of drug-likeness (QED) is 0.382. The molecule has 0 aliphatic carbocycles. The van der Waals surface area contributed by atoms with Gasteiger partial charge in [0.1, 0.15) is 0 Å². The summed E-state index contributed by atoms with van der Waals surface area (Å²) in [6.07, 6.45) is 0.864. The van der Waals surface area contributed by atoms with Crippen LogP contribution in [-0.4, -0.2) is 48.0 Å². The van der Waals surface area contributed by atoms with E-state index in [1.807, 2.05) is 56.6 Å². The van der Waals surface area contributed by atoms with Crippen molar-refractivity contribution in [3.8, 4) is 0 Å². The number of thiazole rings is 2. The van der Waals surface area contributed by atoms with Crippen molar-refractivity contribution >= 4 is 70.1 Å². The van der Waals surface area contributed by atoms with Gasteiger partial charge in [-0.15, -0.1) is 11.3 Å². The number of nitrogens with zero attached hydrogens (tertiary/aromatic N) is 4. The lowest BCUT2D eigenvalue weighted by Crippen LogP contribution is -2.33. The molecular weight excluding hydrogens is 456 g/mol. The molecule has 4 aromatic rings. The van der Waals surface area contributed by atoms with Gasteiger partial charge in [0.25, 0.3) is 5.91 Å². The highest BCUT2D eigenvalue weighted by Gasteiger charge is 2.24. The number of amides is 1. The number of hydrogen-bond acceptors (Lipinski definition) is 6. The lowest BCUT2D eigenvalue weighted by atomic mass is 10.3. The van der Waals surface area contributed by atoms with Crippen LogP contribution in [0.5, 0.6) is 0 Å². The van der Waals surface area contributed by atoms with Gasteiger partial charge in [0.2, 0.25) is 0 Å². The lowest BCUT2D eigenvalue weighted by Gasteiger charge is -2.19. The average Bonchev–Trinajstić information content (AvgIpc) is 3.27. The molecule has 28 heavy (non-hydrogen) atoms. The van der Waals surface area contributed by atoms with Crippen LogP contribution in [0.15, 0.2) is 46.9 Å². The van der Waals surface area contributed by atoms with E-state index in [1.54, 1.807) is 4.90 Å². The minimum Gasteiger partial charge on any atom is -0.309 e. The highest BCUT2D eigenvalue weighted by Crippen LogP contribution is 2.32. The number of para-hydroxylation sites is 1. The first kappa shape index (κ1) is 19.4. The van der Waals surface area contributed by atoms with Crippen LogP contribution in [0.1, 0.15) is 16.2 Å². The molecule has 0 aliphatic heterocycles. The number of halogens is 1. The molecule has 0 radical (unpaired) electrons. The Morgan fingerprint density at radius 2 is 1.79 bits per heavy atom. The van der Waals surface area contributed by atoms with Crippen molar-refractivity contribution < 1.29 is 4.79 Å². The summed E-state index contributed by atoms with van der Waals surface area (Å²) < 4.78 is 3.08. The van der Waals surface area contributed by atoms with Crippen molar-refractivity contribution in [1.82, 2.24) is 14.9 Å². The summed E-state index contributed by atoms with van der Waals surface area (Å²) in [5.74, 6) is -0.0851. The maximum Gasteiger partial charge on any atom is 0.289 e. The third kappa shape index (κ3) is 4.10. The normalized spacial score (nSPS) is 11.6. The highest BCUT2D eigenvalue weighted by molar-refractivity contribution is 9.10. The minimum atomic E-state index is -0.0851. The highest BCUT2D eigenvalue weighted by atomic mass is 79.9. The van der Waals surface area contributed by atoms with Crippen molar-refractivity contribution in [2.45, 2.75) is 6.42 Å². The van der Waals surface area contributed by atoms with Gasteiger partial charge in [0.05, 0.1) is 20.4 Å². The molecule has 5 nitrogen and oxygen atoms in total. The molecule has 2 aromatic carbocycles. The van der Waals surface area contributed by atoms with E-state index in [4.69, 9.17) is 4.98 Å². The number of benzene rings is 2.